The number of aldehydes is 1. The van der Waals surface area contributed by atoms with E-state index in [0.29, 0.717) is 6.54 Å². The number of methoxy groups -OCH3 is 1. The Hall–Kier alpha value is -1.35. The maximum absolute atomic E-state index is 11.0. The highest BCUT2D eigenvalue weighted by Gasteiger charge is 2.39. The van der Waals surface area contributed by atoms with Gasteiger partial charge in [0.15, 0.2) is 0 Å². The standard InChI is InChI=1S/C13H17NO2/c1-16-11-4-3-10(8-15)12(7-11)13(9-14)5-2-6-13/h3-4,7-8H,2,5-6,9,14H2,1H3. The smallest absolute Gasteiger partial charge is 0.150 e. The van der Waals surface area contributed by atoms with Gasteiger partial charge in [-0.15, -0.1) is 0 Å². The molecule has 2 rings (SSSR count). The van der Waals surface area contributed by atoms with E-state index in [1.165, 1.54) is 6.42 Å². The summed E-state index contributed by atoms with van der Waals surface area (Å²) in [6.07, 6.45) is 4.23. The van der Waals surface area contributed by atoms with Crippen molar-refractivity contribution in [1.29, 1.82) is 0 Å². The molecule has 1 aromatic rings. The number of rotatable bonds is 4. The zero-order valence-electron chi connectivity index (χ0n) is 9.53. The molecule has 16 heavy (non-hydrogen) atoms. The van der Waals surface area contributed by atoms with Gasteiger partial charge in [0.25, 0.3) is 0 Å². The topological polar surface area (TPSA) is 52.3 Å². The maximum atomic E-state index is 11.0. The van der Waals surface area contributed by atoms with E-state index in [1.54, 1.807) is 7.11 Å². The van der Waals surface area contributed by atoms with Crippen molar-refractivity contribution in [3.8, 4) is 5.75 Å². The van der Waals surface area contributed by atoms with E-state index in [4.69, 9.17) is 10.5 Å². The maximum Gasteiger partial charge on any atom is 0.150 e. The molecule has 0 heterocycles. The fourth-order valence-electron chi connectivity index (χ4n) is 2.41. The molecule has 3 nitrogen and oxygen atoms in total. The molecule has 1 fully saturated rings. The molecule has 1 aliphatic rings. The number of nitrogens with two attached hydrogens (primary N) is 1. The van der Waals surface area contributed by atoms with Crippen LogP contribution in [0.4, 0.5) is 0 Å². The van der Waals surface area contributed by atoms with Crippen molar-refractivity contribution in [3.63, 3.8) is 0 Å². The number of carbonyl (C=O) groups is 1. The Balaban J connectivity index is 2.47. The Morgan fingerprint density at radius 1 is 1.50 bits per heavy atom. The van der Waals surface area contributed by atoms with Gasteiger partial charge in [-0.25, -0.2) is 0 Å². The first-order valence-electron chi connectivity index (χ1n) is 5.59. The zero-order chi connectivity index (χ0) is 11.6. The molecule has 2 N–H and O–H groups in total. The zero-order valence-corrected chi connectivity index (χ0v) is 9.53. The lowest BCUT2D eigenvalue weighted by Gasteiger charge is -2.42. The predicted molar refractivity (Wildman–Crippen MR) is 63.0 cm³/mol. The Morgan fingerprint density at radius 2 is 2.25 bits per heavy atom. The van der Waals surface area contributed by atoms with Gasteiger partial charge >= 0.3 is 0 Å². The minimum atomic E-state index is 0.00475. The van der Waals surface area contributed by atoms with Crippen molar-refractivity contribution in [2.24, 2.45) is 5.73 Å². The quantitative estimate of drug-likeness (QED) is 0.787. The first-order chi connectivity index (χ1) is 7.75. The Bertz CT molecular complexity index is 391. The summed E-state index contributed by atoms with van der Waals surface area (Å²) in [5.74, 6) is 0.792. The van der Waals surface area contributed by atoms with Gasteiger partial charge in [-0.3, -0.25) is 4.79 Å². The van der Waals surface area contributed by atoms with Crippen molar-refractivity contribution >= 4 is 6.29 Å². The molecule has 0 spiro atoms. The molecule has 0 saturated heterocycles. The Kier molecular flexibility index (Phi) is 2.97. The number of carbonyl (C=O) groups excluding carboxylic acids is 1. The van der Waals surface area contributed by atoms with Crippen LogP contribution in [0.15, 0.2) is 18.2 Å². The summed E-state index contributed by atoms with van der Waals surface area (Å²) in [6, 6.07) is 5.59. The third-order valence-electron chi connectivity index (χ3n) is 3.66. The minimum absolute atomic E-state index is 0.00475. The van der Waals surface area contributed by atoms with Gasteiger partial charge in [-0.2, -0.15) is 0 Å². The van der Waals surface area contributed by atoms with Crippen LogP contribution in [0.1, 0.15) is 35.2 Å². The van der Waals surface area contributed by atoms with E-state index in [-0.39, 0.29) is 5.41 Å². The fourth-order valence-corrected chi connectivity index (χ4v) is 2.41. The van der Waals surface area contributed by atoms with Gasteiger partial charge in [0.2, 0.25) is 0 Å². The van der Waals surface area contributed by atoms with E-state index in [0.717, 1.165) is 36.0 Å². The highest BCUT2D eigenvalue weighted by Crippen LogP contribution is 2.44. The normalized spacial score (nSPS) is 17.6. The monoisotopic (exact) mass is 219 g/mol. The molecule has 0 amide bonds. The van der Waals surface area contributed by atoms with E-state index >= 15 is 0 Å². The van der Waals surface area contributed by atoms with Crippen LogP contribution in [0.25, 0.3) is 0 Å². The van der Waals surface area contributed by atoms with Crippen molar-refractivity contribution in [1.82, 2.24) is 0 Å². The molecule has 1 aromatic carbocycles. The summed E-state index contributed by atoms with van der Waals surface area (Å²) in [4.78, 5) is 11.0. The lowest BCUT2D eigenvalue weighted by molar-refractivity contribution is 0.111. The molecule has 0 aromatic heterocycles. The molecule has 0 aliphatic heterocycles. The first kappa shape index (κ1) is 11.1. The summed E-state index contributed by atoms with van der Waals surface area (Å²) >= 11 is 0. The van der Waals surface area contributed by atoms with Crippen LogP contribution in [0.5, 0.6) is 5.75 Å². The van der Waals surface area contributed by atoms with Gasteiger partial charge in [-0.05, 0) is 36.6 Å². The first-order valence-corrected chi connectivity index (χ1v) is 5.59. The Morgan fingerprint density at radius 3 is 2.69 bits per heavy atom. The summed E-state index contributed by atoms with van der Waals surface area (Å²) in [5.41, 5.74) is 7.66. The van der Waals surface area contributed by atoms with Crippen LogP contribution >= 0.6 is 0 Å². The summed E-state index contributed by atoms with van der Waals surface area (Å²) in [6.45, 7) is 0.598. The van der Waals surface area contributed by atoms with Crippen LogP contribution in [0, 0.1) is 0 Å². The van der Waals surface area contributed by atoms with Crippen LogP contribution in [0.3, 0.4) is 0 Å². The van der Waals surface area contributed by atoms with E-state index in [1.807, 2.05) is 18.2 Å². The predicted octanol–water partition coefficient (Wildman–Crippen LogP) is 1.89. The van der Waals surface area contributed by atoms with Crippen LogP contribution in [-0.4, -0.2) is 19.9 Å². The van der Waals surface area contributed by atoms with Crippen molar-refractivity contribution in [2.45, 2.75) is 24.7 Å². The van der Waals surface area contributed by atoms with Gasteiger partial charge in [0.05, 0.1) is 7.11 Å². The third-order valence-corrected chi connectivity index (χ3v) is 3.66. The third kappa shape index (κ3) is 1.61. The Labute approximate surface area is 95.6 Å². The molecule has 1 saturated carbocycles. The molecule has 0 bridgehead atoms. The second kappa shape index (κ2) is 4.26. The fraction of sp³-hybridized carbons (Fsp3) is 0.462. The number of hydrogen-bond donors (Lipinski definition) is 1. The molecule has 86 valence electrons. The van der Waals surface area contributed by atoms with Gasteiger partial charge in [0.1, 0.15) is 12.0 Å². The second-order valence-electron chi connectivity index (χ2n) is 4.41. The summed E-state index contributed by atoms with van der Waals surface area (Å²) < 4.78 is 5.21. The number of hydrogen-bond acceptors (Lipinski definition) is 3. The van der Waals surface area contributed by atoms with Crippen molar-refractivity contribution in [3.05, 3.63) is 29.3 Å². The van der Waals surface area contributed by atoms with Crippen molar-refractivity contribution in [2.75, 3.05) is 13.7 Å². The highest BCUT2D eigenvalue weighted by atomic mass is 16.5. The lowest BCUT2D eigenvalue weighted by Crippen LogP contribution is -2.42. The average Bonchev–Trinajstić information content (AvgIpc) is 2.28. The second-order valence-corrected chi connectivity index (χ2v) is 4.41. The molecular formula is C13H17NO2. The van der Waals surface area contributed by atoms with Gasteiger partial charge < -0.3 is 10.5 Å². The molecular weight excluding hydrogens is 202 g/mol. The molecule has 0 atom stereocenters. The van der Waals surface area contributed by atoms with E-state index < -0.39 is 0 Å². The van der Waals surface area contributed by atoms with Gasteiger partial charge in [0, 0.05) is 17.5 Å². The summed E-state index contributed by atoms with van der Waals surface area (Å²) in [7, 11) is 1.63. The van der Waals surface area contributed by atoms with Crippen LogP contribution < -0.4 is 10.5 Å². The van der Waals surface area contributed by atoms with Crippen LogP contribution in [-0.2, 0) is 5.41 Å². The largest absolute Gasteiger partial charge is 0.497 e. The van der Waals surface area contributed by atoms with Crippen molar-refractivity contribution < 1.29 is 9.53 Å². The lowest BCUT2D eigenvalue weighted by atomic mass is 9.63. The minimum Gasteiger partial charge on any atom is -0.497 e. The average molecular weight is 219 g/mol. The molecule has 3 heteroatoms. The molecule has 0 radical (unpaired) electrons. The highest BCUT2D eigenvalue weighted by molar-refractivity contribution is 5.78. The van der Waals surface area contributed by atoms with Gasteiger partial charge in [-0.1, -0.05) is 6.42 Å². The van der Waals surface area contributed by atoms with Crippen LogP contribution in [0.2, 0.25) is 0 Å². The van der Waals surface area contributed by atoms with E-state index in [9.17, 15) is 4.79 Å². The summed E-state index contributed by atoms with van der Waals surface area (Å²) in [5, 5.41) is 0. The molecule has 0 unspecified atom stereocenters. The number of ether oxygens (including phenoxy) is 1. The molecule has 1 aliphatic carbocycles. The van der Waals surface area contributed by atoms with E-state index in [2.05, 4.69) is 0 Å². The SMILES string of the molecule is COc1ccc(C=O)c(C2(CN)CCC2)c1. The number of benzene rings is 1.